The molecule has 48 heavy (non-hydrogen) atoms. The Morgan fingerprint density at radius 2 is 1.62 bits per heavy atom. The molecule has 10 nitrogen and oxygen atoms in total. The van der Waals surface area contributed by atoms with Gasteiger partial charge in [-0.1, -0.05) is 86.3 Å². The Morgan fingerprint density at radius 3 is 2.44 bits per heavy atom. The Morgan fingerprint density at radius 1 is 0.917 bits per heavy atom. The molecule has 1 fully saturated rings. The van der Waals surface area contributed by atoms with Gasteiger partial charge in [-0.05, 0) is 42.5 Å². The van der Waals surface area contributed by atoms with Gasteiger partial charge in [0.15, 0.2) is 0 Å². The summed E-state index contributed by atoms with van der Waals surface area (Å²) in [5.41, 5.74) is 1.91. The van der Waals surface area contributed by atoms with Crippen molar-refractivity contribution in [2.45, 2.75) is 54.5 Å². The first-order chi connectivity index (χ1) is 23.3. The van der Waals surface area contributed by atoms with Crippen LogP contribution in [0.2, 0.25) is 0 Å². The summed E-state index contributed by atoms with van der Waals surface area (Å²) >= 11 is 1.10. The van der Waals surface area contributed by atoms with Crippen LogP contribution in [-0.4, -0.2) is 63.5 Å². The average Bonchev–Trinajstić information content (AvgIpc) is 3.77. The van der Waals surface area contributed by atoms with Gasteiger partial charge in [0.05, 0.1) is 35.4 Å². The Bertz CT molecular complexity index is 2070. The molecule has 2 spiro atoms. The van der Waals surface area contributed by atoms with Crippen LogP contribution in [0.25, 0.3) is 10.9 Å². The van der Waals surface area contributed by atoms with E-state index in [2.05, 4.69) is 5.32 Å². The zero-order chi connectivity index (χ0) is 33.4. The molecular formula is C37H33N3O7S. The van der Waals surface area contributed by atoms with E-state index in [9.17, 15) is 19.2 Å². The highest BCUT2D eigenvalue weighted by Crippen LogP contribution is 2.70. The third-order valence-electron chi connectivity index (χ3n) is 10.1. The zero-order valence-electron chi connectivity index (χ0n) is 26.5. The van der Waals surface area contributed by atoms with Crippen LogP contribution in [0.5, 0.6) is 0 Å². The molecule has 3 aromatic carbocycles. The third-order valence-corrected chi connectivity index (χ3v) is 11.6. The molecule has 4 aliphatic heterocycles. The number of amides is 1. The standard InChI is InChI=1S/C37H33N3O7S/c1-3-19-46-32(42)28(41)27-23-13-7-10-16-26(23)40-31(27)48-37(35(40)45)29(33(43)47-20-4-2)36(24-14-8-9-15-25(24)38-34(36)44)39-18-17-21-11-5-6-12-22(21)30(37)39/h5-16,29-30H,3-4,17-20H2,1-2H3,(H,38,44)/t29-,30?,36+,37-/m0/s1. The topological polar surface area (TPSA) is 124 Å². The second-order valence-electron chi connectivity index (χ2n) is 12.6. The molecule has 0 bridgehead atoms. The van der Waals surface area contributed by atoms with Crippen molar-refractivity contribution in [1.82, 2.24) is 9.47 Å². The number of aromatic nitrogens is 1. The summed E-state index contributed by atoms with van der Waals surface area (Å²) in [7, 11) is 0. The first kappa shape index (κ1) is 30.6. The number of rotatable bonds is 7. The summed E-state index contributed by atoms with van der Waals surface area (Å²) in [5.74, 6) is -4.71. The van der Waals surface area contributed by atoms with Crippen LogP contribution in [0.3, 0.4) is 0 Å². The Labute approximate surface area is 280 Å². The van der Waals surface area contributed by atoms with Gasteiger partial charge in [0.2, 0.25) is 0 Å². The fourth-order valence-electron chi connectivity index (χ4n) is 8.34. The molecule has 0 saturated carbocycles. The first-order valence-electron chi connectivity index (χ1n) is 16.3. The minimum Gasteiger partial charge on any atom is -0.465 e. The smallest absolute Gasteiger partial charge is 0.379 e. The lowest BCUT2D eigenvalue weighted by Gasteiger charge is -2.41. The molecule has 1 N–H and O–H groups in total. The highest BCUT2D eigenvalue weighted by molar-refractivity contribution is 8.02. The lowest BCUT2D eigenvalue weighted by Crippen LogP contribution is -2.56. The molecule has 8 rings (SSSR count). The Kier molecular flexibility index (Phi) is 7.12. The number of hydrogen-bond donors (Lipinski definition) is 1. The lowest BCUT2D eigenvalue weighted by atomic mass is 9.73. The number of benzene rings is 3. The number of Topliss-reactive ketones (excluding diaryl/α,β-unsaturated/α-hetero) is 1. The normalized spacial score (nSPS) is 25.1. The van der Waals surface area contributed by atoms with Gasteiger partial charge in [0.1, 0.15) is 16.2 Å². The highest BCUT2D eigenvalue weighted by atomic mass is 32.2. The number of nitrogens with zero attached hydrogens (tertiary/aromatic N) is 2. The number of carbonyl (C=O) groups excluding carboxylic acids is 5. The maximum absolute atomic E-state index is 15.6. The molecule has 4 aromatic rings. The van der Waals surface area contributed by atoms with Crippen molar-refractivity contribution >= 4 is 57.9 Å². The van der Waals surface area contributed by atoms with Crippen molar-refractivity contribution in [2.24, 2.45) is 5.92 Å². The van der Waals surface area contributed by atoms with Crippen LogP contribution < -0.4 is 5.32 Å². The van der Waals surface area contributed by atoms with Crippen LogP contribution >= 0.6 is 11.8 Å². The second kappa shape index (κ2) is 11.2. The van der Waals surface area contributed by atoms with Gasteiger partial charge in [0.25, 0.3) is 17.6 Å². The number of fused-ring (bicyclic) bond motifs is 10. The summed E-state index contributed by atoms with van der Waals surface area (Å²) in [6.07, 6.45) is 1.67. The molecular weight excluding hydrogens is 630 g/mol. The fraction of sp³-hybridized carbons (Fsp3) is 0.324. The molecule has 11 heteroatoms. The predicted octanol–water partition coefficient (Wildman–Crippen LogP) is 5.29. The van der Waals surface area contributed by atoms with Crippen molar-refractivity contribution in [3.63, 3.8) is 0 Å². The number of esters is 2. The number of nitrogens with one attached hydrogen (secondary N) is 1. The molecule has 1 unspecified atom stereocenters. The quantitative estimate of drug-likeness (QED) is 0.160. The molecule has 5 heterocycles. The van der Waals surface area contributed by atoms with E-state index in [1.165, 1.54) is 4.57 Å². The molecule has 1 aromatic heterocycles. The predicted molar refractivity (Wildman–Crippen MR) is 178 cm³/mol. The third kappa shape index (κ3) is 3.82. The Balaban J connectivity index is 1.43. The summed E-state index contributed by atoms with van der Waals surface area (Å²) in [6.45, 7) is 4.28. The van der Waals surface area contributed by atoms with Gasteiger partial charge in [0, 0.05) is 23.2 Å². The van der Waals surface area contributed by atoms with E-state index >= 15 is 4.79 Å². The number of anilines is 1. The summed E-state index contributed by atoms with van der Waals surface area (Å²) in [6, 6.07) is 21.2. The van der Waals surface area contributed by atoms with Gasteiger partial charge < -0.3 is 14.8 Å². The molecule has 4 atom stereocenters. The molecule has 1 saturated heterocycles. The highest BCUT2D eigenvalue weighted by Gasteiger charge is 2.80. The summed E-state index contributed by atoms with van der Waals surface area (Å²) in [5, 5.41) is 3.71. The van der Waals surface area contributed by atoms with Crippen molar-refractivity contribution in [2.75, 3.05) is 25.1 Å². The minimum absolute atomic E-state index is 0.0514. The number of hydrogen-bond acceptors (Lipinski definition) is 9. The van der Waals surface area contributed by atoms with Crippen LogP contribution in [0.15, 0.2) is 77.8 Å². The van der Waals surface area contributed by atoms with Crippen LogP contribution in [0.1, 0.15) is 64.6 Å². The van der Waals surface area contributed by atoms with Gasteiger partial charge in [-0.25, -0.2) is 4.79 Å². The number of carbonyl (C=O) groups is 5. The second-order valence-corrected chi connectivity index (χ2v) is 13.9. The van der Waals surface area contributed by atoms with E-state index in [0.717, 1.165) is 22.9 Å². The van der Waals surface area contributed by atoms with E-state index in [1.54, 1.807) is 30.3 Å². The van der Waals surface area contributed by atoms with Crippen LogP contribution in [0, 0.1) is 5.92 Å². The first-order valence-corrected chi connectivity index (χ1v) is 17.1. The maximum atomic E-state index is 15.6. The van der Waals surface area contributed by atoms with Crippen molar-refractivity contribution in [1.29, 1.82) is 0 Å². The van der Waals surface area contributed by atoms with E-state index < -0.39 is 51.8 Å². The molecule has 244 valence electrons. The van der Waals surface area contributed by atoms with Crippen molar-refractivity contribution in [3.8, 4) is 0 Å². The van der Waals surface area contributed by atoms with Gasteiger partial charge >= 0.3 is 11.9 Å². The largest absolute Gasteiger partial charge is 0.465 e. The average molecular weight is 664 g/mol. The molecule has 0 aliphatic carbocycles. The Hall–Kier alpha value is -4.74. The minimum atomic E-state index is -1.65. The molecule has 1 amide bonds. The van der Waals surface area contributed by atoms with Crippen LogP contribution in [-0.2, 0) is 35.8 Å². The SMILES string of the molecule is CCCOC(=O)C(=O)c1c2n(c3ccccc13)C(=O)[C@@]1(S2)C2c3ccccc3CCN2[C@@]2(C(=O)Nc3ccccc32)[C@@H]1C(=O)OCCC. The number of ketones is 1. The molecule has 0 radical (unpaired) electrons. The zero-order valence-corrected chi connectivity index (χ0v) is 27.3. The van der Waals surface area contributed by atoms with E-state index in [-0.39, 0.29) is 23.8 Å². The van der Waals surface area contributed by atoms with E-state index in [0.29, 0.717) is 48.0 Å². The summed E-state index contributed by atoms with van der Waals surface area (Å²) in [4.78, 5) is 74.0. The van der Waals surface area contributed by atoms with Crippen molar-refractivity contribution in [3.05, 3.63) is 95.1 Å². The number of para-hydroxylation sites is 2. The van der Waals surface area contributed by atoms with Crippen molar-refractivity contribution < 1.29 is 33.4 Å². The maximum Gasteiger partial charge on any atom is 0.379 e. The lowest BCUT2D eigenvalue weighted by molar-refractivity contribution is -0.156. The fourth-order valence-corrected chi connectivity index (χ4v) is 10.2. The number of ether oxygens (including phenoxy) is 2. The van der Waals surface area contributed by atoms with E-state index in [4.69, 9.17) is 9.47 Å². The molecule has 4 aliphatic rings. The van der Waals surface area contributed by atoms with Gasteiger partial charge in [-0.2, -0.15) is 0 Å². The van der Waals surface area contributed by atoms with Crippen LogP contribution in [0.4, 0.5) is 5.69 Å². The van der Waals surface area contributed by atoms with Gasteiger partial charge in [-0.3, -0.25) is 28.6 Å². The number of thioether (sulfide) groups is 1. The summed E-state index contributed by atoms with van der Waals surface area (Å²) < 4.78 is 11.0. The monoisotopic (exact) mass is 663 g/mol. The van der Waals surface area contributed by atoms with E-state index in [1.807, 2.05) is 61.2 Å². The van der Waals surface area contributed by atoms with Gasteiger partial charge in [-0.15, -0.1) is 0 Å².